The maximum absolute atomic E-state index is 13.8. The van der Waals surface area contributed by atoms with E-state index in [0.717, 1.165) is 36.9 Å². The van der Waals surface area contributed by atoms with Crippen LogP contribution in [0.2, 0.25) is 10.0 Å². The van der Waals surface area contributed by atoms with Crippen LogP contribution in [0, 0.1) is 12.7 Å². The third kappa shape index (κ3) is 4.71. The fraction of sp³-hybridized carbons (Fsp3) is 0.304. The molecule has 0 amide bonds. The van der Waals surface area contributed by atoms with E-state index in [0.29, 0.717) is 22.1 Å². The van der Waals surface area contributed by atoms with Crippen LogP contribution < -0.4 is 18.9 Å². The van der Waals surface area contributed by atoms with Crippen molar-refractivity contribution >= 4 is 29.2 Å². The Morgan fingerprint density at radius 3 is 2.52 bits per heavy atom. The summed E-state index contributed by atoms with van der Waals surface area (Å²) in [7, 11) is 0. The number of benzene rings is 2. The summed E-state index contributed by atoms with van der Waals surface area (Å²) in [6, 6.07) is 9.72. The summed E-state index contributed by atoms with van der Waals surface area (Å²) in [5, 5.41) is 10.4. The van der Waals surface area contributed by atoms with Gasteiger partial charge in [-0.15, -0.1) is 0 Å². The average Bonchev–Trinajstić information content (AvgIpc) is 3.13. The van der Waals surface area contributed by atoms with Crippen LogP contribution in [0.25, 0.3) is 16.9 Å². The van der Waals surface area contributed by atoms with Crippen LogP contribution in [0.3, 0.4) is 0 Å². The molecule has 1 aliphatic rings. The molecule has 2 aromatic carbocycles. The summed E-state index contributed by atoms with van der Waals surface area (Å²) in [6.07, 6.45) is 5.20. The van der Waals surface area contributed by atoms with Crippen molar-refractivity contribution in [2.75, 3.05) is 0 Å². The molecule has 0 aliphatic heterocycles. The Hall–Kier alpha value is -1.77. The Labute approximate surface area is 204 Å². The molecule has 0 saturated heterocycles. The second-order valence-electron chi connectivity index (χ2n) is 7.70. The van der Waals surface area contributed by atoms with E-state index >= 15 is 0 Å². The first-order valence-electron chi connectivity index (χ1n) is 9.94. The molecule has 0 atom stereocenters. The fourth-order valence-electron chi connectivity index (χ4n) is 4.20. The molecule has 1 fully saturated rings. The largest absolute Gasteiger partial charge is 1.00 e. The minimum absolute atomic E-state index is 0. The molecule has 0 unspecified atom stereocenters. The second kappa shape index (κ2) is 9.79. The van der Waals surface area contributed by atoms with E-state index in [1.54, 1.807) is 6.07 Å². The van der Waals surface area contributed by atoms with Gasteiger partial charge in [0.15, 0.2) is 5.69 Å². The zero-order valence-corrected chi connectivity index (χ0v) is 19.0. The van der Waals surface area contributed by atoms with Crippen LogP contribution >= 0.6 is 23.2 Å². The van der Waals surface area contributed by atoms with Crippen molar-refractivity contribution in [2.24, 2.45) is 0 Å². The van der Waals surface area contributed by atoms with Crippen molar-refractivity contribution < 1.29 is 34.6 Å². The van der Waals surface area contributed by atoms with Gasteiger partial charge in [-0.1, -0.05) is 48.5 Å². The standard InChI is InChI=1S/C23H21Cl2FN2O2.Li.H/c1-13-7-9-16(24)12-19(13)28-21(15-8-10-18(26)17(25)11-15)20(23(29)30)27-22(28)14-5-3-2-4-6-14;;/h7-12,14H,2-6H2,1H3,(H,29,30);;/q;+1;-1. The molecular weight excluding hydrogens is 433 g/mol. The topological polar surface area (TPSA) is 55.1 Å². The summed E-state index contributed by atoms with van der Waals surface area (Å²) in [6.45, 7) is 1.94. The van der Waals surface area contributed by atoms with Crippen molar-refractivity contribution in [2.45, 2.75) is 44.9 Å². The van der Waals surface area contributed by atoms with Gasteiger partial charge in [0.1, 0.15) is 11.6 Å². The van der Waals surface area contributed by atoms with Crippen LogP contribution in [-0.2, 0) is 0 Å². The normalized spacial score (nSPS) is 14.3. The summed E-state index contributed by atoms with van der Waals surface area (Å²) in [5.74, 6) is -0.858. The number of imidazole rings is 1. The van der Waals surface area contributed by atoms with E-state index in [1.165, 1.54) is 24.6 Å². The fourth-order valence-corrected chi connectivity index (χ4v) is 4.55. The number of halogens is 3. The van der Waals surface area contributed by atoms with E-state index in [9.17, 15) is 14.3 Å². The van der Waals surface area contributed by atoms with Crippen LogP contribution in [-0.4, -0.2) is 20.6 Å². The average molecular weight is 455 g/mol. The zero-order chi connectivity index (χ0) is 21.4. The van der Waals surface area contributed by atoms with Crippen molar-refractivity contribution in [1.82, 2.24) is 9.55 Å². The Balaban J connectivity index is 0.00000181. The van der Waals surface area contributed by atoms with Gasteiger partial charge in [-0.05, 0) is 55.7 Å². The van der Waals surface area contributed by atoms with Crippen molar-refractivity contribution in [3.63, 3.8) is 0 Å². The summed E-state index contributed by atoms with van der Waals surface area (Å²) >= 11 is 12.3. The van der Waals surface area contributed by atoms with Gasteiger partial charge in [-0.3, -0.25) is 4.57 Å². The quantitative estimate of drug-likeness (QED) is 0.602. The zero-order valence-electron chi connectivity index (χ0n) is 18.5. The third-order valence-electron chi connectivity index (χ3n) is 5.68. The van der Waals surface area contributed by atoms with Gasteiger partial charge in [-0.2, -0.15) is 0 Å². The van der Waals surface area contributed by atoms with E-state index in [-0.39, 0.29) is 36.9 Å². The van der Waals surface area contributed by atoms with Gasteiger partial charge >= 0.3 is 24.8 Å². The molecule has 1 aromatic heterocycles. The maximum atomic E-state index is 13.8. The number of aromatic nitrogens is 2. The van der Waals surface area contributed by atoms with Gasteiger partial charge in [-0.25, -0.2) is 14.2 Å². The maximum Gasteiger partial charge on any atom is 1.00 e. The van der Waals surface area contributed by atoms with Gasteiger partial charge < -0.3 is 6.53 Å². The number of carboxylic acids is 1. The molecule has 158 valence electrons. The van der Waals surface area contributed by atoms with Crippen LogP contribution in [0.1, 0.15) is 61.3 Å². The van der Waals surface area contributed by atoms with Crippen molar-refractivity contribution in [1.29, 1.82) is 0 Å². The molecular formula is C23H22Cl2FLiN2O2. The number of hydrogen-bond acceptors (Lipinski definition) is 2. The molecule has 1 aliphatic carbocycles. The number of hydrogen-bond donors (Lipinski definition) is 1. The van der Waals surface area contributed by atoms with E-state index in [4.69, 9.17) is 23.2 Å². The molecule has 1 heterocycles. The number of rotatable bonds is 4. The van der Waals surface area contributed by atoms with Crippen LogP contribution in [0.5, 0.6) is 0 Å². The number of aromatic carboxylic acids is 1. The molecule has 0 spiro atoms. The molecule has 4 rings (SSSR count). The van der Waals surface area contributed by atoms with Gasteiger partial charge in [0.05, 0.1) is 16.4 Å². The summed E-state index contributed by atoms with van der Waals surface area (Å²) in [4.78, 5) is 16.8. The SMILES string of the molecule is Cc1ccc(Cl)cc1-n1c(C2CCCCC2)nc(C(=O)O)c1-c1ccc(F)c(Cl)c1.[H-].[Li+]. The Bertz CT molecular complexity index is 1130. The monoisotopic (exact) mass is 454 g/mol. The number of nitrogens with zero attached hydrogens (tertiary/aromatic N) is 2. The first-order chi connectivity index (χ1) is 14.4. The van der Waals surface area contributed by atoms with Gasteiger partial charge in [0.2, 0.25) is 0 Å². The predicted octanol–water partition coefficient (Wildman–Crippen LogP) is 4.16. The minimum atomic E-state index is -1.14. The van der Waals surface area contributed by atoms with Crippen molar-refractivity contribution in [3.05, 3.63) is 69.3 Å². The Morgan fingerprint density at radius 1 is 1.16 bits per heavy atom. The summed E-state index contributed by atoms with van der Waals surface area (Å²) in [5.41, 5.74) is 2.50. The van der Waals surface area contributed by atoms with Gasteiger partial charge in [0, 0.05) is 16.5 Å². The second-order valence-corrected chi connectivity index (χ2v) is 8.55. The van der Waals surface area contributed by atoms with Gasteiger partial charge in [0.25, 0.3) is 0 Å². The Morgan fingerprint density at radius 2 is 1.87 bits per heavy atom. The molecule has 31 heavy (non-hydrogen) atoms. The Kier molecular flexibility index (Phi) is 7.54. The summed E-state index contributed by atoms with van der Waals surface area (Å²) < 4.78 is 15.7. The van der Waals surface area contributed by atoms with E-state index < -0.39 is 11.8 Å². The van der Waals surface area contributed by atoms with Crippen molar-refractivity contribution in [3.8, 4) is 16.9 Å². The first kappa shape index (κ1) is 23.9. The minimum Gasteiger partial charge on any atom is -1.00 e. The molecule has 0 radical (unpaired) electrons. The van der Waals surface area contributed by atoms with E-state index in [2.05, 4.69) is 4.98 Å². The number of aryl methyl sites for hydroxylation is 1. The predicted molar refractivity (Wildman–Crippen MR) is 118 cm³/mol. The molecule has 3 aromatic rings. The van der Waals surface area contributed by atoms with Crippen LogP contribution in [0.4, 0.5) is 4.39 Å². The number of carboxylic acid groups (broad SMARTS) is 1. The molecule has 8 heteroatoms. The van der Waals surface area contributed by atoms with E-state index in [1.807, 2.05) is 23.6 Å². The molecule has 1 saturated carbocycles. The van der Waals surface area contributed by atoms with Crippen LogP contribution in [0.15, 0.2) is 36.4 Å². The molecule has 4 nitrogen and oxygen atoms in total. The molecule has 1 N–H and O–H groups in total. The third-order valence-corrected chi connectivity index (χ3v) is 6.21. The number of carbonyl (C=O) groups is 1. The molecule has 0 bridgehead atoms. The first-order valence-corrected chi connectivity index (χ1v) is 10.7. The smallest absolute Gasteiger partial charge is 1.00 e.